The van der Waals surface area contributed by atoms with Crippen molar-refractivity contribution in [3.8, 4) is 17.6 Å². The van der Waals surface area contributed by atoms with E-state index in [0.717, 1.165) is 11.3 Å². The van der Waals surface area contributed by atoms with E-state index in [2.05, 4.69) is 18.4 Å². The van der Waals surface area contributed by atoms with Crippen molar-refractivity contribution in [1.82, 2.24) is 0 Å². The van der Waals surface area contributed by atoms with Crippen LogP contribution >= 0.6 is 0 Å². The first-order valence-electron chi connectivity index (χ1n) is 5.33. The van der Waals surface area contributed by atoms with Crippen LogP contribution in [-0.4, -0.2) is 0 Å². The Morgan fingerprint density at radius 1 is 0.882 bits per heavy atom. The number of rotatable bonds is 2. The lowest BCUT2D eigenvalue weighted by Crippen LogP contribution is -1.90. The molecule has 17 heavy (non-hydrogen) atoms. The summed E-state index contributed by atoms with van der Waals surface area (Å²) in [5.41, 5.74) is 0.949. The van der Waals surface area contributed by atoms with Gasteiger partial charge in [0.25, 0.3) is 0 Å². The highest BCUT2D eigenvalue weighted by atomic mass is 16.5. The van der Waals surface area contributed by atoms with Crippen LogP contribution < -0.4 is 4.74 Å². The van der Waals surface area contributed by atoms with E-state index in [9.17, 15) is 0 Å². The van der Waals surface area contributed by atoms with E-state index in [1.165, 1.54) is 0 Å². The minimum absolute atomic E-state index is 0.444. The van der Waals surface area contributed by atoms with Gasteiger partial charge in [0, 0.05) is 5.56 Å². The zero-order valence-electron chi connectivity index (χ0n) is 9.39. The third kappa shape index (κ3) is 3.55. The van der Waals surface area contributed by atoms with Gasteiger partial charge in [0.15, 0.2) is 5.76 Å². The number of para-hydroxylation sites is 1. The topological polar surface area (TPSA) is 9.23 Å². The lowest BCUT2D eigenvalue weighted by Gasteiger charge is -2.01. The third-order valence-corrected chi connectivity index (χ3v) is 2.10. The van der Waals surface area contributed by atoms with Crippen molar-refractivity contribution in [2.24, 2.45) is 0 Å². The molecule has 0 amide bonds. The van der Waals surface area contributed by atoms with Gasteiger partial charge < -0.3 is 4.74 Å². The summed E-state index contributed by atoms with van der Waals surface area (Å²) in [5, 5.41) is 0. The highest BCUT2D eigenvalue weighted by Crippen LogP contribution is 2.11. The van der Waals surface area contributed by atoms with Crippen LogP contribution in [0.15, 0.2) is 73.0 Å². The van der Waals surface area contributed by atoms with Crippen LogP contribution in [0.1, 0.15) is 5.56 Å². The smallest absolute Gasteiger partial charge is 0.170 e. The summed E-state index contributed by atoms with van der Waals surface area (Å²) in [7, 11) is 0. The van der Waals surface area contributed by atoms with Crippen molar-refractivity contribution in [3.05, 3.63) is 78.6 Å². The van der Waals surface area contributed by atoms with Gasteiger partial charge in [-0.3, -0.25) is 0 Å². The fourth-order valence-electron chi connectivity index (χ4n) is 1.32. The standard InChI is InChI=1S/C16H12O/c1-14(17-16-10-6-3-7-11-16)12-13-15-8-4-2-5-9-15/h2-11H,1H2. The van der Waals surface area contributed by atoms with E-state index in [1.807, 2.05) is 60.7 Å². The Bertz CT molecular complexity index is 544. The summed E-state index contributed by atoms with van der Waals surface area (Å²) < 4.78 is 5.47. The second-order valence-electron chi connectivity index (χ2n) is 3.45. The van der Waals surface area contributed by atoms with E-state index in [0.29, 0.717) is 5.76 Å². The van der Waals surface area contributed by atoms with Gasteiger partial charge in [-0.1, -0.05) is 42.3 Å². The van der Waals surface area contributed by atoms with Crippen molar-refractivity contribution < 1.29 is 4.74 Å². The molecular weight excluding hydrogens is 208 g/mol. The molecule has 0 N–H and O–H groups in total. The molecule has 0 aliphatic heterocycles. The Labute approximate surface area is 101 Å². The van der Waals surface area contributed by atoms with Crippen LogP contribution in [0.25, 0.3) is 0 Å². The summed E-state index contributed by atoms with van der Waals surface area (Å²) in [6.45, 7) is 3.77. The van der Waals surface area contributed by atoms with Crippen molar-refractivity contribution in [2.75, 3.05) is 0 Å². The maximum absolute atomic E-state index is 5.47. The molecule has 0 aliphatic rings. The summed E-state index contributed by atoms with van der Waals surface area (Å²) >= 11 is 0. The van der Waals surface area contributed by atoms with Gasteiger partial charge in [0.2, 0.25) is 0 Å². The van der Waals surface area contributed by atoms with Crippen molar-refractivity contribution in [1.29, 1.82) is 0 Å². The molecule has 0 heterocycles. The second kappa shape index (κ2) is 5.58. The summed E-state index contributed by atoms with van der Waals surface area (Å²) in [4.78, 5) is 0. The van der Waals surface area contributed by atoms with Crippen LogP contribution in [0.2, 0.25) is 0 Å². The molecule has 1 nitrogen and oxygen atoms in total. The first-order chi connectivity index (χ1) is 8.34. The number of benzene rings is 2. The molecule has 0 saturated carbocycles. The average molecular weight is 220 g/mol. The molecule has 0 radical (unpaired) electrons. The van der Waals surface area contributed by atoms with Crippen LogP contribution in [0.5, 0.6) is 5.75 Å². The quantitative estimate of drug-likeness (QED) is 0.554. The van der Waals surface area contributed by atoms with Crippen molar-refractivity contribution in [3.63, 3.8) is 0 Å². The number of ether oxygens (including phenoxy) is 1. The maximum Gasteiger partial charge on any atom is 0.170 e. The maximum atomic E-state index is 5.47. The van der Waals surface area contributed by atoms with Gasteiger partial charge in [-0.15, -0.1) is 0 Å². The highest BCUT2D eigenvalue weighted by molar-refractivity contribution is 5.39. The SMILES string of the molecule is C=C(C#Cc1ccccc1)Oc1ccccc1. The molecule has 2 aromatic carbocycles. The minimum atomic E-state index is 0.444. The third-order valence-electron chi connectivity index (χ3n) is 2.10. The lowest BCUT2D eigenvalue weighted by molar-refractivity contribution is 0.452. The van der Waals surface area contributed by atoms with Crippen LogP contribution in [0, 0.1) is 11.8 Å². The predicted octanol–water partition coefficient (Wildman–Crippen LogP) is 3.63. The fraction of sp³-hybridized carbons (Fsp3) is 0. The largest absolute Gasteiger partial charge is 0.449 e. The Hall–Kier alpha value is -2.46. The molecule has 0 fully saturated rings. The van der Waals surface area contributed by atoms with Gasteiger partial charge in [0.05, 0.1) is 0 Å². The van der Waals surface area contributed by atoms with Crippen LogP contribution in [-0.2, 0) is 0 Å². The predicted molar refractivity (Wildman–Crippen MR) is 69.5 cm³/mol. The molecule has 0 atom stereocenters. The van der Waals surface area contributed by atoms with E-state index in [-0.39, 0.29) is 0 Å². The molecular formula is C16H12O. The molecule has 0 spiro atoms. The van der Waals surface area contributed by atoms with Crippen molar-refractivity contribution >= 4 is 0 Å². The van der Waals surface area contributed by atoms with E-state index < -0.39 is 0 Å². The molecule has 0 unspecified atom stereocenters. The zero-order chi connectivity index (χ0) is 11.9. The Morgan fingerprint density at radius 3 is 2.12 bits per heavy atom. The average Bonchev–Trinajstić information content (AvgIpc) is 2.39. The Balaban J connectivity index is 2.02. The van der Waals surface area contributed by atoms with E-state index in [1.54, 1.807) is 0 Å². The van der Waals surface area contributed by atoms with Gasteiger partial charge in [-0.05, 0) is 36.8 Å². The molecule has 0 aromatic heterocycles. The van der Waals surface area contributed by atoms with Gasteiger partial charge >= 0.3 is 0 Å². The number of hydrogen-bond acceptors (Lipinski definition) is 1. The van der Waals surface area contributed by atoms with Crippen LogP contribution in [0.3, 0.4) is 0 Å². The van der Waals surface area contributed by atoms with Gasteiger partial charge in [-0.25, -0.2) is 0 Å². The molecule has 0 saturated heterocycles. The van der Waals surface area contributed by atoms with Crippen molar-refractivity contribution in [2.45, 2.75) is 0 Å². The van der Waals surface area contributed by atoms with E-state index in [4.69, 9.17) is 4.74 Å². The number of allylic oxidation sites excluding steroid dienone is 1. The lowest BCUT2D eigenvalue weighted by atomic mass is 10.2. The second-order valence-corrected chi connectivity index (χ2v) is 3.45. The first kappa shape index (κ1) is 11.0. The van der Waals surface area contributed by atoms with Gasteiger partial charge in [0.1, 0.15) is 5.75 Å². The van der Waals surface area contributed by atoms with Crippen LogP contribution in [0.4, 0.5) is 0 Å². The first-order valence-corrected chi connectivity index (χ1v) is 5.33. The fourth-order valence-corrected chi connectivity index (χ4v) is 1.32. The molecule has 0 bridgehead atoms. The zero-order valence-corrected chi connectivity index (χ0v) is 9.39. The summed E-state index contributed by atoms with van der Waals surface area (Å²) in [5.74, 6) is 7.07. The van der Waals surface area contributed by atoms with Gasteiger partial charge in [-0.2, -0.15) is 0 Å². The highest BCUT2D eigenvalue weighted by Gasteiger charge is 1.92. The minimum Gasteiger partial charge on any atom is -0.449 e. The molecule has 0 aliphatic carbocycles. The number of hydrogen-bond donors (Lipinski definition) is 0. The Kier molecular flexibility index (Phi) is 3.62. The normalized spacial score (nSPS) is 8.94. The molecule has 1 heteroatoms. The summed E-state index contributed by atoms with van der Waals surface area (Å²) in [6.07, 6.45) is 0. The molecule has 2 aromatic rings. The molecule has 82 valence electrons. The monoisotopic (exact) mass is 220 g/mol. The summed E-state index contributed by atoms with van der Waals surface area (Å²) in [6, 6.07) is 19.2. The molecule has 2 rings (SSSR count). The van der Waals surface area contributed by atoms with E-state index >= 15 is 0 Å². The Morgan fingerprint density at radius 2 is 1.47 bits per heavy atom.